The van der Waals surface area contributed by atoms with E-state index >= 15 is 0 Å². The molecule has 0 aromatic heterocycles. The molecule has 0 bridgehead atoms. The maximum absolute atomic E-state index is 11.1. The average Bonchev–Trinajstić information content (AvgIpc) is 2.52. The lowest BCUT2D eigenvalue weighted by atomic mass is 10.1. The summed E-state index contributed by atoms with van der Waals surface area (Å²) in [7, 11) is 0. The van der Waals surface area contributed by atoms with E-state index in [0.717, 1.165) is 10.0 Å². The van der Waals surface area contributed by atoms with Crippen LogP contribution in [-0.2, 0) is 16.0 Å². The van der Waals surface area contributed by atoms with Crippen LogP contribution in [0.15, 0.2) is 33.7 Å². The molecule has 0 spiro atoms. The highest BCUT2D eigenvalue weighted by Crippen LogP contribution is 2.15. The number of aliphatic imine (C=N–C) groups is 1. The van der Waals surface area contributed by atoms with Gasteiger partial charge in [0.05, 0.1) is 6.10 Å². The fraction of sp³-hybridized carbons (Fsp3) is 0.200. The molecule has 1 amide bonds. The van der Waals surface area contributed by atoms with Crippen LogP contribution in [0.3, 0.4) is 0 Å². The van der Waals surface area contributed by atoms with E-state index in [1.807, 2.05) is 24.3 Å². The Morgan fingerprint density at radius 1 is 1.57 bits per heavy atom. The number of rotatable bonds is 2. The van der Waals surface area contributed by atoms with E-state index in [4.69, 9.17) is 4.74 Å². The van der Waals surface area contributed by atoms with Gasteiger partial charge in [0.1, 0.15) is 5.91 Å². The van der Waals surface area contributed by atoms with Crippen LogP contribution in [0.2, 0.25) is 0 Å². The summed E-state index contributed by atoms with van der Waals surface area (Å²) in [6, 6.07) is 7.75. The Hall–Kier alpha value is -1.16. The van der Waals surface area contributed by atoms with E-state index in [1.54, 1.807) is 0 Å². The second kappa shape index (κ2) is 3.92. The smallest absolute Gasteiger partial charge is 0.128 e. The molecular weight excluding hydrogens is 246 g/mol. The Morgan fingerprint density at radius 3 is 3.07 bits per heavy atom. The van der Waals surface area contributed by atoms with Crippen molar-refractivity contribution in [1.82, 2.24) is 0 Å². The second-order valence-corrected chi connectivity index (χ2v) is 3.90. The van der Waals surface area contributed by atoms with Crippen LogP contribution in [-0.4, -0.2) is 18.4 Å². The van der Waals surface area contributed by atoms with Crippen LogP contribution in [0.1, 0.15) is 5.56 Å². The zero-order chi connectivity index (χ0) is 9.97. The molecule has 1 atom stereocenters. The number of ether oxygens (including phenoxy) is 1. The first-order valence-electron chi connectivity index (χ1n) is 4.15. The SMILES string of the molecule is O=C1N=[C-]OC1Cc1cccc(Br)c1. The molecule has 0 saturated carbocycles. The predicted octanol–water partition coefficient (Wildman–Crippen LogP) is 1.82. The highest BCUT2D eigenvalue weighted by Gasteiger charge is 2.13. The van der Waals surface area contributed by atoms with E-state index in [2.05, 4.69) is 27.3 Å². The summed E-state index contributed by atoms with van der Waals surface area (Å²) in [5.41, 5.74) is 1.04. The predicted molar refractivity (Wildman–Crippen MR) is 55.2 cm³/mol. The summed E-state index contributed by atoms with van der Waals surface area (Å²) in [4.78, 5) is 14.5. The highest BCUT2D eigenvalue weighted by atomic mass is 79.9. The van der Waals surface area contributed by atoms with Gasteiger partial charge in [0.15, 0.2) is 0 Å². The molecule has 1 heterocycles. The zero-order valence-corrected chi connectivity index (χ0v) is 8.82. The molecule has 3 nitrogen and oxygen atoms in total. The average molecular weight is 253 g/mol. The number of hydrogen-bond donors (Lipinski definition) is 0. The molecule has 4 heteroatoms. The number of hydrogen-bond acceptors (Lipinski definition) is 2. The second-order valence-electron chi connectivity index (χ2n) is 2.98. The summed E-state index contributed by atoms with van der Waals surface area (Å²) in [6.07, 6.45) is 2.26. The zero-order valence-electron chi connectivity index (χ0n) is 7.24. The maximum atomic E-state index is 11.1. The Kier molecular flexibility index (Phi) is 2.63. The van der Waals surface area contributed by atoms with Crippen LogP contribution in [0, 0.1) is 0 Å². The van der Waals surface area contributed by atoms with Crippen molar-refractivity contribution >= 4 is 28.2 Å². The van der Waals surface area contributed by atoms with Crippen molar-refractivity contribution < 1.29 is 9.53 Å². The molecule has 1 aliphatic heterocycles. The van der Waals surface area contributed by atoms with Crippen molar-refractivity contribution in [3.05, 3.63) is 34.3 Å². The van der Waals surface area contributed by atoms with E-state index in [-0.39, 0.29) is 5.91 Å². The molecular formula is C10H7BrNO2-. The number of amides is 1. The molecule has 0 aliphatic carbocycles. The van der Waals surface area contributed by atoms with Gasteiger partial charge >= 0.3 is 0 Å². The summed E-state index contributed by atoms with van der Waals surface area (Å²) >= 11 is 3.36. The van der Waals surface area contributed by atoms with Crippen LogP contribution >= 0.6 is 15.9 Å². The van der Waals surface area contributed by atoms with Gasteiger partial charge in [-0.05, 0) is 17.7 Å². The van der Waals surface area contributed by atoms with Crippen LogP contribution < -0.4 is 0 Å². The Balaban J connectivity index is 2.08. The third-order valence-corrected chi connectivity index (χ3v) is 2.43. The minimum atomic E-state index is -0.496. The summed E-state index contributed by atoms with van der Waals surface area (Å²) in [6.45, 7) is 0. The molecule has 0 N–H and O–H groups in total. The topological polar surface area (TPSA) is 38.7 Å². The van der Waals surface area contributed by atoms with Crippen molar-refractivity contribution in [2.75, 3.05) is 0 Å². The van der Waals surface area contributed by atoms with Gasteiger partial charge in [0.2, 0.25) is 0 Å². The molecule has 0 saturated heterocycles. The van der Waals surface area contributed by atoms with Gasteiger partial charge in [0.25, 0.3) is 0 Å². The molecule has 1 aromatic rings. The van der Waals surface area contributed by atoms with E-state index in [0.29, 0.717) is 6.42 Å². The normalized spacial score (nSPS) is 19.8. The molecule has 1 unspecified atom stereocenters. The van der Waals surface area contributed by atoms with Gasteiger partial charge < -0.3 is 14.5 Å². The van der Waals surface area contributed by atoms with E-state index < -0.39 is 6.10 Å². The number of benzene rings is 1. The monoisotopic (exact) mass is 252 g/mol. The Morgan fingerprint density at radius 2 is 2.43 bits per heavy atom. The summed E-state index contributed by atoms with van der Waals surface area (Å²) in [5.74, 6) is -0.259. The van der Waals surface area contributed by atoms with Crippen LogP contribution in [0.5, 0.6) is 0 Å². The molecule has 0 radical (unpaired) electrons. The van der Waals surface area contributed by atoms with Gasteiger partial charge in [-0.2, -0.15) is 0 Å². The third-order valence-electron chi connectivity index (χ3n) is 1.94. The summed E-state index contributed by atoms with van der Waals surface area (Å²) < 4.78 is 5.92. The van der Waals surface area contributed by atoms with Crippen LogP contribution in [0.4, 0.5) is 0 Å². The quantitative estimate of drug-likeness (QED) is 0.754. The van der Waals surface area contributed by atoms with Gasteiger partial charge in [-0.25, -0.2) is 0 Å². The minimum absolute atomic E-state index is 0.259. The highest BCUT2D eigenvalue weighted by molar-refractivity contribution is 9.10. The minimum Gasteiger partial charge on any atom is -0.577 e. The van der Waals surface area contributed by atoms with Gasteiger partial charge in [-0.3, -0.25) is 0 Å². The van der Waals surface area contributed by atoms with Gasteiger partial charge in [-0.1, -0.05) is 28.1 Å². The fourth-order valence-corrected chi connectivity index (χ4v) is 1.71. The van der Waals surface area contributed by atoms with Crippen molar-refractivity contribution in [2.45, 2.75) is 12.5 Å². The number of carbonyl (C=O) groups is 1. The van der Waals surface area contributed by atoms with E-state index in [9.17, 15) is 4.79 Å². The Bertz CT molecular complexity index is 389. The first-order valence-corrected chi connectivity index (χ1v) is 4.94. The lowest BCUT2D eigenvalue weighted by Gasteiger charge is -2.13. The lowest BCUT2D eigenvalue weighted by molar-refractivity contribution is -0.122. The first kappa shape index (κ1) is 9.40. The van der Waals surface area contributed by atoms with E-state index in [1.165, 1.54) is 0 Å². The Labute approximate surface area is 89.9 Å². The number of halogens is 1. The molecule has 72 valence electrons. The summed E-state index contributed by atoms with van der Waals surface area (Å²) in [5, 5.41) is 0. The number of carbonyl (C=O) groups excluding carboxylic acids is 1. The first-order chi connectivity index (χ1) is 6.75. The van der Waals surface area contributed by atoms with Crippen molar-refractivity contribution in [3.8, 4) is 0 Å². The molecule has 14 heavy (non-hydrogen) atoms. The van der Waals surface area contributed by atoms with Crippen molar-refractivity contribution in [3.63, 3.8) is 0 Å². The van der Waals surface area contributed by atoms with Gasteiger partial charge in [0, 0.05) is 17.3 Å². The van der Waals surface area contributed by atoms with Gasteiger partial charge in [-0.15, -0.1) is 0 Å². The number of nitrogens with zero attached hydrogens (tertiary/aromatic N) is 1. The standard InChI is InChI=1S/C10H7BrNO2/c11-8-3-1-2-7(4-8)5-9-10(13)12-6-14-9/h1-4,9H,5H2/q-1. The maximum Gasteiger partial charge on any atom is 0.128 e. The molecule has 1 aromatic carbocycles. The largest absolute Gasteiger partial charge is 0.577 e. The lowest BCUT2D eigenvalue weighted by Crippen LogP contribution is -2.19. The van der Waals surface area contributed by atoms with Crippen molar-refractivity contribution in [2.24, 2.45) is 4.99 Å². The fourth-order valence-electron chi connectivity index (χ4n) is 1.26. The molecule has 0 fully saturated rings. The molecule has 1 aliphatic rings. The van der Waals surface area contributed by atoms with Crippen molar-refractivity contribution in [1.29, 1.82) is 0 Å². The third kappa shape index (κ3) is 2.01. The molecule has 2 rings (SSSR count). The van der Waals surface area contributed by atoms with Crippen LogP contribution in [0.25, 0.3) is 0 Å².